The molecule has 1 aromatic heterocycles. The Morgan fingerprint density at radius 3 is 2.95 bits per heavy atom. The number of carbonyl (C=O) groups is 1. The second-order valence-electron chi connectivity index (χ2n) is 5.21. The van der Waals surface area contributed by atoms with E-state index in [1.807, 2.05) is 6.07 Å². The van der Waals surface area contributed by atoms with Gasteiger partial charge in [-0.25, -0.2) is 0 Å². The summed E-state index contributed by atoms with van der Waals surface area (Å²) in [6.07, 6.45) is 2.18. The summed E-state index contributed by atoms with van der Waals surface area (Å²) in [7, 11) is 0. The SMILES string of the molecule is CCCC(C)c1cc(NC(=O)c2cccc(CO)c2)n[nH]1. The maximum absolute atomic E-state index is 12.1. The van der Waals surface area contributed by atoms with E-state index in [1.54, 1.807) is 24.3 Å². The molecule has 1 heterocycles. The van der Waals surface area contributed by atoms with Crippen LogP contribution in [0.1, 0.15) is 54.2 Å². The van der Waals surface area contributed by atoms with Gasteiger partial charge in [0.15, 0.2) is 5.82 Å². The van der Waals surface area contributed by atoms with Gasteiger partial charge in [0.05, 0.1) is 6.61 Å². The zero-order valence-electron chi connectivity index (χ0n) is 12.4. The molecule has 112 valence electrons. The van der Waals surface area contributed by atoms with E-state index in [4.69, 9.17) is 5.11 Å². The Labute approximate surface area is 124 Å². The van der Waals surface area contributed by atoms with Crippen molar-refractivity contribution in [1.29, 1.82) is 0 Å². The number of hydrogen-bond acceptors (Lipinski definition) is 3. The highest BCUT2D eigenvalue weighted by molar-refractivity contribution is 6.03. The molecule has 0 bridgehead atoms. The largest absolute Gasteiger partial charge is 0.392 e. The van der Waals surface area contributed by atoms with Crippen LogP contribution in [-0.4, -0.2) is 21.2 Å². The fraction of sp³-hybridized carbons (Fsp3) is 0.375. The molecule has 2 rings (SSSR count). The Morgan fingerprint density at radius 1 is 1.43 bits per heavy atom. The summed E-state index contributed by atoms with van der Waals surface area (Å²) in [4.78, 5) is 12.1. The molecule has 0 radical (unpaired) electrons. The summed E-state index contributed by atoms with van der Waals surface area (Å²) in [5.74, 6) is 0.685. The van der Waals surface area contributed by atoms with Crippen molar-refractivity contribution < 1.29 is 9.90 Å². The number of aromatic nitrogens is 2. The molecule has 0 aliphatic heterocycles. The van der Waals surface area contributed by atoms with E-state index in [1.165, 1.54) is 0 Å². The van der Waals surface area contributed by atoms with Crippen LogP contribution in [0.3, 0.4) is 0 Å². The van der Waals surface area contributed by atoms with Gasteiger partial charge < -0.3 is 10.4 Å². The van der Waals surface area contributed by atoms with E-state index in [0.717, 1.165) is 18.5 Å². The number of hydrogen-bond donors (Lipinski definition) is 3. The van der Waals surface area contributed by atoms with Crippen molar-refractivity contribution in [2.45, 2.75) is 39.2 Å². The van der Waals surface area contributed by atoms with Gasteiger partial charge in [-0.15, -0.1) is 0 Å². The summed E-state index contributed by atoms with van der Waals surface area (Å²) in [6, 6.07) is 8.77. The molecule has 5 heteroatoms. The lowest BCUT2D eigenvalue weighted by Crippen LogP contribution is -2.12. The van der Waals surface area contributed by atoms with Gasteiger partial charge in [-0.2, -0.15) is 5.10 Å². The number of benzene rings is 1. The molecule has 1 amide bonds. The molecule has 2 aromatic rings. The van der Waals surface area contributed by atoms with Crippen molar-refractivity contribution in [2.24, 2.45) is 0 Å². The maximum atomic E-state index is 12.1. The summed E-state index contributed by atoms with van der Waals surface area (Å²) >= 11 is 0. The molecule has 0 saturated carbocycles. The number of rotatable bonds is 6. The summed E-state index contributed by atoms with van der Waals surface area (Å²) in [6.45, 7) is 4.19. The third-order valence-electron chi connectivity index (χ3n) is 3.46. The van der Waals surface area contributed by atoms with E-state index in [-0.39, 0.29) is 12.5 Å². The van der Waals surface area contributed by atoms with E-state index >= 15 is 0 Å². The zero-order chi connectivity index (χ0) is 15.2. The molecule has 0 aliphatic rings. The van der Waals surface area contributed by atoms with Gasteiger partial charge in [-0.1, -0.05) is 32.4 Å². The van der Waals surface area contributed by atoms with Crippen LogP contribution in [0.25, 0.3) is 0 Å². The van der Waals surface area contributed by atoms with Crippen LogP contribution in [0.15, 0.2) is 30.3 Å². The highest BCUT2D eigenvalue weighted by Crippen LogP contribution is 2.20. The van der Waals surface area contributed by atoms with Crippen molar-refractivity contribution in [2.75, 3.05) is 5.32 Å². The van der Waals surface area contributed by atoms with E-state index in [9.17, 15) is 4.79 Å². The topological polar surface area (TPSA) is 78.0 Å². The van der Waals surface area contributed by atoms with E-state index in [0.29, 0.717) is 22.9 Å². The van der Waals surface area contributed by atoms with Crippen LogP contribution in [0.5, 0.6) is 0 Å². The van der Waals surface area contributed by atoms with Crippen LogP contribution in [0.2, 0.25) is 0 Å². The highest BCUT2D eigenvalue weighted by Gasteiger charge is 2.12. The Morgan fingerprint density at radius 2 is 2.24 bits per heavy atom. The van der Waals surface area contributed by atoms with E-state index < -0.39 is 0 Å². The molecule has 5 nitrogen and oxygen atoms in total. The maximum Gasteiger partial charge on any atom is 0.256 e. The minimum Gasteiger partial charge on any atom is -0.392 e. The molecule has 1 atom stereocenters. The van der Waals surface area contributed by atoms with E-state index in [2.05, 4.69) is 29.4 Å². The number of anilines is 1. The fourth-order valence-electron chi connectivity index (χ4n) is 2.24. The first-order valence-corrected chi connectivity index (χ1v) is 7.20. The normalized spacial score (nSPS) is 12.1. The molecule has 0 fully saturated rings. The molecule has 0 aliphatic carbocycles. The first-order valence-electron chi connectivity index (χ1n) is 7.20. The number of aliphatic hydroxyl groups is 1. The van der Waals surface area contributed by atoms with Gasteiger partial charge in [0, 0.05) is 17.3 Å². The Bertz CT molecular complexity index is 607. The lowest BCUT2D eigenvalue weighted by atomic mass is 10.0. The Balaban J connectivity index is 2.05. The van der Waals surface area contributed by atoms with Gasteiger partial charge in [0.1, 0.15) is 0 Å². The average molecular weight is 287 g/mol. The average Bonchev–Trinajstić information content (AvgIpc) is 2.96. The van der Waals surface area contributed by atoms with Gasteiger partial charge >= 0.3 is 0 Å². The summed E-state index contributed by atoms with van der Waals surface area (Å²) < 4.78 is 0. The zero-order valence-corrected chi connectivity index (χ0v) is 12.4. The first-order chi connectivity index (χ1) is 10.1. The van der Waals surface area contributed by atoms with Crippen LogP contribution < -0.4 is 5.32 Å². The molecular formula is C16H21N3O2. The van der Waals surface area contributed by atoms with Crippen molar-refractivity contribution in [3.63, 3.8) is 0 Å². The quantitative estimate of drug-likeness (QED) is 0.764. The number of nitrogens with one attached hydrogen (secondary N) is 2. The van der Waals surface area contributed by atoms with Gasteiger partial charge in [0.25, 0.3) is 5.91 Å². The molecule has 3 N–H and O–H groups in total. The van der Waals surface area contributed by atoms with Crippen molar-refractivity contribution in [1.82, 2.24) is 10.2 Å². The predicted octanol–water partition coefficient (Wildman–Crippen LogP) is 3.06. The lowest BCUT2D eigenvalue weighted by Gasteiger charge is -2.05. The molecule has 1 unspecified atom stereocenters. The Kier molecular flexibility index (Phi) is 5.11. The number of aliphatic hydroxyl groups excluding tert-OH is 1. The van der Waals surface area contributed by atoms with Gasteiger partial charge in [-0.05, 0) is 30.0 Å². The molecule has 1 aromatic carbocycles. The second kappa shape index (κ2) is 7.04. The summed E-state index contributed by atoms with van der Waals surface area (Å²) in [5, 5.41) is 18.9. The van der Waals surface area contributed by atoms with Gasteiger partial charge in [0.2, 0.25) is 0 Å². The molecule has 0 spiro atoms. The minimum absolute atomic E-state index is 0.0811. The summed E-state index contributed by atoms with van der Waals surface area (Å²) in [5.41, 5.74) is 2.24. The lowest BCUT2D eigenvalue weighted by molar-refractivity contribution is 0.102. The van der Waals surface area contributed by atoms with Crippen molar-refractivity contribution in [3.05, 3.63) is 47.2 Å². The van der Waals surface area contributed by atoms with Crippen LogP contribution in [0.4, 0.5) is 5.82 Å². The van der Waals surface area contributed by atoms with Crippen LogP contribution in [-0.2, 0) is 6.61 Å². The number of carbonyl (C=O) groups excluding carboxylic acids is 1. The van der Waals surface area contributed by atoms with Gasteiger partial charge in [-0.3, -0.25) is 9.89 Å². The number of amides is 1. The second-order valence-corrected chi connectivity index (χ2v) is 5.21. The number of H-pyrrole nitrogens is 1. The predicted molar refractivity (Wildman–Crippen MR) is 82.2 cm³/mol. The van der Waals surface area contributed by atoms with Crippen molar-refractivity contribution in [3.8, 4) is 0 Å². The molecular weight excluding hydrogens is 266 g/mol. The Hall–Kier alpha value is -2.14. The minimum atomic E-state index is -0.230. The number of aromatic amines is 1. The number of nitrogens with zero attached hydrogens (tertiary/aromatic N) is 1. The highest BCUT2D eigenvalue weighted by atomic mass is 16.3. The smallest absolute Gasteiger partial charge is 0.256 e. The third kappa shape index (κ3) is 3.92. The first kappa shape index (κ1) is 15.3. The third-order valence-corrected chi connectivity index (χ3v) is 3.46. The molecule has 21 heavy (non-hydrogen) atoms. The molecule has 0 saturated heterocycles. The van der Waals surface area contributed by atoms with Crippen LogP contribution >= 0.6 is 0 Å². The van der Waals surface area contributed by atoms with Crippen LogP contribution in [0, 0.1) is 0 Å². The standard InChI is InChI=1S/C16H21N3O2/c1-3-5-11(2)14-9-15(19-18-14)17-16(21)13-7-4-6-12(8-13)10-20/h4,6-9,11,20H,3,5,10H2,1-2H3,(H2,17,18,19,21). The van der Waals surface area contributed by atoms with Crippen molar-refractivity contribution >= 4 is 11.7 Å². The fourth-order valence-corrected chi connectivity index (χ4v) is 2.24. The monoisotopic (exact) mass is 287 g/mol.